The molecule has 4 heteroatoms. The predicted molar refractivity (Wildman–Crippen MR) is 124 cm³/mol. The van der Waals surface area contributed by atoms with Crippen LogP contribution in [0.3, 0.4) is 0 Å². The van der Waals surface area contributed by atoms with Crippen molar-refractivity contribution in [3.8, 4) is 0 Å². The summed E-state index contributed by atoms with van der Waals surface area (Å²) in [6, 6.07) is 18.2. The Morgan fingerprint density at radius 2 is 1.80 bits per heavy atom. The molecule has 3 nitrogen and oxygen atoms in total. The number of aromatic nitrogens is 1. The van der Waals surface area contributed by atoms with Gasteiger partial charge in [0.15, 0.2) is 0 Å². The van der Waals surface area contributed by atoms with Crippen LogP contribution in [0.15, 0.2) is 85.1 Å². The number of hydrogen-bond donors (Lipinski definition) is 0. The monoisotopic (exact) mass is 575 g/mol. The Labute approximate surface area is 194 Å². The van der Waals surface area contributed by atoms with E-state index in [4.69, 9.17) is 5.32 Å². The van der Waals surface area contributed by atoms with Crippen molar-refractivity contribution in [3.05, 3.63) is 103 Å². The standard InChI is InChI=1S/C17H16N3.C9H10.Pt/c1-20(2)16-11-4-3-9-14(16)19-15-10-5-7-13-8-6-12-18-17(13)15;1-2-4-8-6-7-9(8)5-3-1;/h3-12H,1-2H3;1-2,4,6-8H,3,5H2;/q-1;-2;. The van der Waals surface area contributed by atoms with Gasteiger partial charge < -0.3 is 10.2 Å². The molecule has 3 aromatic rings. The Morgan fingerprint density at radius 3 is 2.60 bits per heavy atom. The third kappa shape index (κ3) is 5.09. The molecule has 5 rings (SSSR count). The van der Waals surface area contributed by atoms with Crippen LogP contribution in [0.5, 0.6) is 0 Å². The van der Waals surface area contributed by atoms with Crippen LogP contribution in [-0.2, 0) is 21.1 Å². The van der Waals surface area contributed by atoms with E-state index in [-0.39, 0.29) is 21.1 Å². The molecular weight excluding hydrogens is 549 g/mol. The van der Waals surface area contributed by atoms with Gasteiger partial charge in [0.25, 0.3) is 0 Å². The van der Waals surface area contributed by atoms with Crippen molar-refractivity contribution in [2.75, 3.05) is 19.0 Å². The SMILES string of the molecule is C1=CC2C=C[C-]2CC[CH-]1.CN(C)c1ccccc1[N-]c1cccc2cccnc12.[Pt]. The summed E-state index contributed by atoms with van der Waals surface area (Å²) >= 11 is 0. The second-order valence-electron chi connectivity index (χ2n) is 7.47. The van der Waals surface area contributed by atoms with Gasteiger partial charge in [0.1, 0.15) is 0 Å². The summed E-state index contributed by atoms with van der Waals surface area (Å²) < 4.78 is 0. The Morgan fingerprint density at radius 1 is 1.00 bits per heavy atom. The second-order valence-corrected chi connectivity index (χ2v) is 7.47. The van der Waals surface area contributed by atoms with Crippen molar-refractivity contribution in [1.82, 2.24) is 4.98 Å². The first-order chi connectivity index (χ1) is 14.2. The number of hydrogen-bond acceptors (Lipinski definition) is 2. The van der Waals surface area contributed by atoms with E-state index in [2.05, 4.69) is 58.8 Å². The van der Waals surface area contributed by atoms with E-state index in [0.29, 0.717) is 5.92 Å². The van der Waals surface area contributed by atoms with Gasteiger partial charge >= 0.3 is 0 Å². The van der Waals surface area contributed by atoms with Crippen LogP contribution in [0.25, 0.3) is 16.2 Å². The maximum absolute atomic E-state index is 4.79. The Hall–Kier alpha value is -2.64. The van der Waals surface area contributed by atoms with Gasteiger partial charge in [-0.1, -0.05) is 42.5 Å². The normalized spacial score (nSPS) is 16.1. The predicted octanol–water partition coefficient (Wildman–Crippen LogP) is 6.94. The van der Waals surface area contributed by atoms with Crippen LogP contribution in [-0.4, -0.2) is 19.1 Å². The van der Waals surface area contributed by atoms with Crippen molar-refractivity contribution in [2.24, 2.45) is 5.92 Å². The van der Waals surface area contributed by atoms with Crippen molar-refractivity contribution in [3.63, 3.8) is 0 Å². The molecular formula is C26H26N3Pt-3. The molecule has 0 amide bonds. The zero-order valence-corrected chi connectivity index (χ0v) is 19.6. The van der Waals surface area contributed by atoms with E-state index in [1.807, 2.05) is 50.5 Å². The minimum atomic E-state index is 0. The number of allylic oxidation sites excluding steroid dienone is 4. The van der Waals surface area contributed by atoms with Crippen molar-refractivity contribution >= 4 is 28.0 Å². The maximum atomic E-state index is 4.79. The quantitative estimate of drug-likeness (QED) is 0.317. The van der Waals surface area contributed by atoms with Gasteiger partial charge in [0.2, 0.25) is 0 Å². The Kier molecular flexibility index (Phi) is 7.65. The average molecular weight is 576 g/mol. The first-order valence-corrected chi connectivity index (χ1v) is 10.1. The molecule has 1 unspecified atom stereocenters. The van der Waals surface area contributed by atoms with Crippen LogP contribution in [0.2, 0.25) is 0 Å². The molecule has 0 bridgehead atoms. The van der Waals surface area contributed by atoms with Crippen LogP contribution in [0, 0.1) is 18.3 Å². The number of pyridine rings is 1. The number of rotatable bonds is 3. The van der Waals surface area contributed by atoms with Crippen LogP contribution >= 0.6 is 0 Å². The summed E-state index contributed by atoms with van der Waals surface area (Å²) in [7, 11) is 4.05. The van der Waals surface area contributed by atoms with Crippen molar-refractivity contribution in [1.29, 1.82) is 0 Å². The van der Waals surface area contributed by atoms with Gasteiger partial charge in [-0.3, -0.25) is 17.1 Å². The summed E-state index contributed by atoms with van der Waals surface area (Å²) in [6.07, 6.45) is 15.5. The van der Waals surface area contributed by atoms with Crippen molar-refractivity contribution in [2.45, 2.75) is 12.8 Å². The molecule has 2 aromatic carbocycles. The molecule has 1 aromatic heterocycles. The van der Waals surface area contributed by atoms with Crippen LogP contribution in [0.4, 0.5) is 17.1 Å². The van der Waals surface area contributed by atoms with E-state index in [1.54, 1.807) is 12.1 Å². The smallest absolute Gasteiger partial charge is 0.0555 e. The zero-order valence-electron chi connectivity index (χ0n) is 17.3. The Bertz CT molecular complexity index is 1020. The molecule has 0 N–H and O–H groups in total. The third-order valence-corrected chi connectivity index (χ3v) is 5.22. The van der Waals surface area contributed by atoms with Crippen LogP contribution < -0.4 is 4.90 Å². The van der Waals surface area contributed by atoms with Crippen molar-refractivity contribution < 1.29 is 21.1 Å². The molecule has 0 radical (unpaired) electrons. The largest absolute Gasteiger partial charge is 0.654 e. The summed E-state index contributed by atoms with van der Waals surface area (Å²) in [6.45, 7) is 0. The molecule has 2 aliphatic carbocycles. The fourth-order valence-electron chi connectivity index (χ4n) is 3.57. The minimum absolute atomic E-state index is 0. The first kappa shape index (κ1) is 22.1. The fourth-order valence-corrected chi connectivity index (χ4v) is 3.57. The molecule has 0 fully saturated rings. The molecule has 0 saturated heterocycles. The summed E-state index contributed by atoms with van der Waals surface area (Å²) in [5, 5.41) is 5.89. The number of para-hydroxylation sites is 3. The van der Waals surface area contributed by atoms with E-state index >= 15 is 0 Å². The molecule has 0 saturated carbocycles. The molecule has 30 heavy (non-hydrogen) atoms. The first-order valence-electron chi connectivity index (χ1n) is 10.1. The van der Waals surface area contributed by atoms with Gasteiger partial charge in [-0.15, -0.1) is 24.2 Å². The van der Waals surface area contributed by atoms with Gasteiger partial charge in [-0.25, -0.2) is 24.5 Å². The van der Waals surface area contributed by atoms with Gasteiger partial charge in [-0.05, 0) is 17.5 Å². The number of benzene rings is 2. The van der Waals surface area contributed by atoms with E-state index in [0.717, 1.165) is 28.0 Å². The fraction of sp³-hybridized carbons (Fsp3) is 0.192. The molecule has 1 heterocycles. The molecule has 2 aliphatic rings. The molecule has 1 atom stereocenters. The average Bonchev–Trinajstić information content (AvgIpc) is 2.89. The zero-order chi connectivity index (χ0) is 20.1. The van der Waals surface area contributed by atoms with Gasteiger partial charge in [-0.2, -0.15) is 5.92 Å². The molecule has 0 spiro atoms. The summed E-state index contributed by atoms with van der Waals surface area (Å²) in [5.74, 6) is 2.31. The summed E-state index contributed by atoms with van der Waals surface area (Å²) in [5.41, 5.74) is 3.89. The van der Waals surface area contributed by atoms with E-state index in [9.17, 15) is 0 Å². The topological polar surface area (TPSA) is 30.2 Å². The minimum Gasteiger partial charge on any atom is -0.654 e. The second kappa shape index (κ2) is 10.4. The van der Waals surface area contributed by atoms with E-state index in [1.165, 1.54) is 12.8 Å². The van der Waals surface area contributed by atoms with E-state index < -0.39 is 0 Å². The Balaban J connectivity index is 0.000000214. The maximum Gasteiger partial charge on any atom is 0.0555 e. The van der Waals surface area contributed by atoms with Gasteiger partial charge in [0, 0.05) is 47.0 Å². The van der Waals surface area contributed by atoms with Gasteiger partial charge in [0.05, 0.1) is 5.52 Å². The number of anilines is 1. The number of nitrogens with zero attached hydrogens (tertiary/aromatic N) is 3. The van der Waals surface area contributed by atoms with Crippen LogP contribution in [0.1, 0.15) is 12.8 Å². The summed E-state index contributed by atoms with van der Waals surface area (Å²) in [4.78, 5) is 6.51. The third-order valence-electron chi connectivity index (χ3n) is 5.22. The molecule has 0 aliphatic heterocycles. The number of fused-ring (bicyclic) bond motifs is 2. The molecule has 158 valence electrons.